The molecule has 1 saturated carbocycles. The summed E-state index contributed by atoms with van der Waals surface area (Å²) in [5.41, 5.74) is 2.03. The first kappa shape index (κ1) is 22.0. The molecule has 0 amide bonds. The normalized spacial score (nSPS) is 20.0. The predicted octanol–water partition coefficient (Wildman–Crippen LogP) is 3.91. The van der Waals surface area contributed by atoms with Crippen LogP contribution in [0.25, 0.3) is 0 Å². The molecule has 11 heteroatoms. The SMILES string of the molecule is CC1CN(c2cc(SNC3(C)CC3)cc(NC(=N)SC(=N)C(F)F)c2C=N)CN1. The number of benzene rings is 1. The number of anilines is 2. The number of hydrogen-bond donors (Lipinski definition) is 6. The van der Waals surface area contributed by atoms with Gasteiger partial charge in [-0.05, 0) is 62.5 Å². The summed E-state index contributed by atoms with van der Waals surface area (Å²) in [6, 6.07) is 4.12. The Balaban J connectivity index is 1.87. The third-order valence-corrected chi connectivity index (χ3v) is 6.59. The summed E-state index contributed by atoms with van der Waals surface area (Å²) < 4.78 is 28.7. The molecule has 1 aromatic rings. The van der Waals surface area contributed by atoms with Crippen molar-refractivity contribution in [1.82, 2.24) is 10.0 Å². The highest BCUT2D eigenvalue weighted by Gasteiger charge is 2.37. The number of hydrogen-bond acceptors (Lipinski definition) is 8. The highest BCUT2D eigenvalue weighted by atomic mass is 32.2. The van der Waals surface area contributed by atoms with E-state index >= 15 is 0 Å². The number of amidine groups is 1. The molecule has 1 heterocycles. The molecular formula is C18H25F2N7S2. The number of rotatable bonds is 7. The Labute approximate surface area is 177 Å². The van der Waals surface area contributed by atoms with E-state index in [4.69, 9.17) is 16.2 Å². The molecule has 6 N–H and O–H groups in total. The molecule has 2 aliphatic rings. The Morgan fingerprint density at radius 3 is 2.66 bits per heavy atom. The highest BCUT2D eigenvalue weighted by molar-refractivity contribution is 8.26. The molecule has 7 nitrogen and oxygen atoms in total. The molecule has 1 atom stereocenters. The lowest BCUT2D eigenvalue weighted by molar-refractivity contribution is 0.228. The van der Waals surface area contributed by atoms with Crippen LogP contribution < -0.4 is 20.3 Å². The van der Waals surface area contributed by atoms with E-state index in [1.54, 1.807) is 6.07 Å². The first-order chi connectivity index (χ1) is 13.7. The average molecular weight is 442 g/mol. The van der Waals surface area contributed by atoms with Crippen molar-refractivity contribution >= 4 is 51.5 Å². The van der Waals surface area contributed by atoms with Crippen molar-refractivity contribution in [2.45, 2.75) is 49.6 Å². The van der Waals surface area contributed by atoms with Gasteiger partial charge < -0.3 is 15.6 Å². The molecule has 29 heavy (non-hydrogen) atoms. The molecular weight excluding hydrogens is 416 g/mol. The van der Waals surface area contributed by atoms with Crippen LogP contribution in [0.5, 0.6) is 0 Å². The van der Waals surface area contributed by atoms with E-state index in [1.807, 2.05) is 6.07 Å². The molecule has 2 fully saturated rings. The number of halogens is 2. The van der Waals surface area contributed by atoms with Gasteiger partial charge in [-0.1, -0.05) is 0 Å². The van der Waals surface area contributed by atoms with Crippen molar-refractivity contribution in [3.63, 3.8) is 0 Å². The largest absolute Gasteiger partial charge is 0.357 e. The molecule has 3 rings (SSSR count). The number of nitrogens with zero attached hydrogens (tertiary/aromatic N) is 1. The highest BCUT2D eigenvalue weighted by Crippen LogP contribution is 2.39. The van der Waals surface area contributed by atoms with Crippen LogP contribution in [-0.4, -0.2) is 47.6 Å². The van der Waals surface area contributed by atoms with Gasteiger partial charge in [-0.3, -0.25) is 20.9 Å². The smallest absolute Gasteiger partial charge is 0.286 e. The van der Waals surface area contributed by atoms with Crippen molar-refractivity contribution in [2.75, 3.05) is 23.4 Å². The lowest BCUT2D eigenvalue weighted by atomic mass is 10.1. The van der Waals surface area contributed by atoms with E-state index in [9.17, 15) is 8.78 Å². The monoisotopic (exact) mass is 441 g/mol. The summed E-state index contributed by atoms with van der Waals surface area (Å²) in [5.74, 6) is 0. The van der Waals surface area contributed by atoms with E-state index in [2.05, 4.69) is 34.1 Å². The third kappa shape index (κ3) is 5.68. The fourth-order valence-corrected chi connectivity index (χ4v) is 4.26. The van der Waals surface area contributed by atoms with Gasteiger partial charge in [-0.25, -0.2) is 8.78 Å². The van der Waals surface area contributed by atoms with Crippen molar-refractivity contribution in [3.05, 3.63) is 17.7 Å². The second-order valence-electron chi connectivity index (χ2n) is 7.52. The molecule has 1 unspecified atom stereocenters. The van der Waals surface area contributed by atoms with Crippen LogP contribution >= 0.6 is 23.7 Å². The quantitative estimate of drug-likeness (QED) is 0.217. The minimum atomic E-state index is -2.91. The first-order valence-corrected chi connectivity index (χ1v) is 10.8. The standard InChI is InChI=1S/C18H25F2N7S2/c1-10-8-27(9-24-10)14-6-11(29-26-18(2)3-4-18)5-13(12(14)7-21)25-17(23)28-16(22)15(19)20/h5-7,10,15,21-22,24,26H,3-4,8-9H2,1-2H3,(H2,23,25). The summed E-state index contributed by atoms with van der Waals surface area (Å²) >= 11 is 1.87. The molecule has 0 radical (unpaired) electrons. The molecule has 1 saturated heterocycles. The maximum Gasteiger partial charge on any atom is 0.286 e. The number of thioether (sulfide) groups is 1. The number of alkyl halides is 2. The Hall–Kier alpha value is -1.69. The van der Waals surface area contributed by atoms with Gasteiger partial charge in [0.15, 0.2) is 5.17 Å². The second kappa shape index (κ2) is 8.99. The molecule has 1 aliphatic carbocycles. The van der Waals surface area contributed by atoms with E-state index in [0.29, 0.717) is 35.7 Å². The van der Waals surface area contributed by atoms with E-state index in [0.717, 1.165) is 30.0 Å². The van der Waals surface area contributed by atoms with Gasteiger partial charge in [0.1, 0.15) is 5.04 Å². The fourth-order valence-electron chi connectivity index (χ4n) is 2.87. The summed E-state index contributed by atoms with van der Waals surface area (Å²) in [6.45, 7) is 5.66. The Morgan fingerprint density at radius 2 is 2.10 bits per heavy atom. The lowest BCUT2D eigenvalue weighted by Crippen LogP contribution is -2.24. The van der Waals surface area contributed by atoms with Gasteiger partial charge in [-0.15, -0.1) is 0 Å². The van der Waals surface area contributed by atoms with Crippen LogP contribution in [0.1, 0.15) is 32.3 Å². The Bertz CT molecular complexity index is 814. The molecule has 0 spiro atoms. The maximum absolute atomic E-state index is 12.6. The summed E-state index contributed by atoms with van der Waals surface area (Å²) in [6.07, 6.45) is 0.520. The first-order valence-electron chi connectivity index (χ1n) is 9.21. The van der Waals surface area contributed by atoms with E-state index in [-0.39, 0.29) is 10.7 Å². The predicted molar refractivity (Wildman–Crippen MR) is 118 cm³/mol. The molecule has 1 aliphatic heterocycles. The zero-order valence-corrected chi connectivity index (χ0v) is 17.9. The molecule has 158 valence electrons. The average Bonchev–Trinajstić information content (AvgIpc) is 3.24. The van der Waals surface area contributed by atoms with Crippen molar-refractivity contribution < 1.29 is 8.78 Å². The van der Waals surface area contributed by atoms with Crippen LogP contribution in [-0.2, 0) is 0 Å². The van der Waals surface area contributed by atoms with Crippen LogP contribution in [0.4, 0.5) is 20.2 Å². The Kier molecular flexibility index (Phi) is 6.82. The van der Waals surface area contributed by atoms with Crippen molar-refractivity contribution in [1.29, 1.82) is 16.2 Å². The third-order valence-electron chi connectivity index (χ3n) is 4.82. The number of nitrogens with one attached hydrogen (secondary N) is 6. The van der Waals surface area contributed by atoms with Crippen molar-refractivity contribution in [3.8, 4) is 0 Å². The van der Waals surface area contributed by atoms with Crippen LogP contribution in [0.2, 0.25) is 0 Å². The van der Waals surface area contributed by atoms with E-state index in [1.165, 1.54) is 18.2 Å². The summed E-state index contributed by atoms with van der Waals surface area (Å²) in [4.78, 5) is 3.03. The van der Waals surface area contributed by atoms with Gasteiger partial charge in [0.2, 0.25) is 0 Å². The van der Waals surface area contributed by atoms with Gasteiger partial charge in [0, 0.05) is 40.5 Å². The summed E-state index contributed by atoms with van der Waals surface area (Å²) in [5, 5.41) is 28.2. The van der Waals surface area contributed by atoms with Crippen LogP contribution in [0, 0.1) is 16.2 Å². The topological polar surface area (TPSA) is 111 Å². The zero-order chi connectivity index (χ0) is 21.2. The second-order valence-corrected chi connectivity index (χ2v) is 9.45. The lowest BCUT2D eigenvalue weighted by Gasteiger charge is -2.23. The molecule has 1 aromatic carbocycles. The Morgan fingerprint density at radius 1 is 1.38 bits per heavy atom. The summed E-state index contributed by atoms with van der Waals surface area (Å²) in [7, 11) is 0. The maximum atomic E-state index is 12.6. The van der Waals surface area contributed by atoms with Crippen LogP contribution in [0.3, 0.4) is 0 Å². The van der Waals surface area contributed by atoms with Gasteiger partial charge in [0.05, 0.1) is 12.4 Å². The van der Waals surface area contributed by atoms with E-state index < -0.39 is 11.5 Å². The molecule has 0 aromatic heterocycles. The minimum Gasteiger partial charge on any atom is -0.357 e. The zero-order valence-electron chi connectivity index (χ0n) is 16.2. The van der Waals surface area contributed by atoms with Gasteiger partial charge in [0.25, 0.3) is 6.43 Å². The van der Waals surface area contributed by atoms with Crippen LogP contribution in [0.15, 0.2) is 17.0 Å². The van der Waals surface area contributed by atoms with Gasteiger partial charge in [-0.2, -0.15) is 0 Å². The minimum absolute atomic E-state index is 0.122. The molecule has 0 bridgehead atoms. The fraction of sp³-hybridized carbons (Fsp3) is 0.500. The van der Waals surface area contributed by atoms with Gasteiger partial charge >= 0.3 is 0 Å². The van der Waals surface area contributed by atoms with Crippen molar-refractivity contribution in [2.24, 2.45) is 0 Å².